The van der Waals surface area contributed by atoms with Gasteiger partial charge in [-0.1, -0.05) is 32.4 Å². The molecule has 1 aliphatic rings. The fourth-order valence-electron chi connectivity index (χ4n) is 2.69. The summed E-state index contributed by atoms with van der Waals surface area (Å²) in [7, 11) is 1.71. The second kappa shape index (κ2) is 7.65. The molecule has 0 unspecified atom stereocenters. The van der Waals surface area contributed by atoms with Crippen LogP contribution in [0.15, 0.2) is 24.3 Å². The Kier molecular flexibility index (Phi) is 5.86. The average molecular weight is 276 g/mol. The van der Waals surface area contributed by atoms with E-state index in [1.807, 2.05) is 0 Å². The predicted molar refractivity (Wildman–Crippen MR) is 84.2 cm³/mol. The van der Waals surface area contributed by atoms with Gasteiger partial charge in [-0.3, -0.25) is 4.90 Å². The summed E-state index contributed by atoms with van der Waals surface area (Å²) in [5.41, 5.74) is 1.38. The van der Waals surface area contributed by atoms with Gasteiger partial charge in [-0.25, -0.2) is 0 Å². The molecule has 0 N–H and O–H groups in total. The van der Waals surface area contributed by atoms with E-state index in [0.717, 1.165) is 18.2 Å². The number of nitrogens with zero attached hydrogens (tertiary/aromatic N) is 2. The van der Waals surface area contributed by atoms with Crippen molar-refractivity contribution >= 4 is 0 Å². The topological polar surface area (TPSA) is 15.7 Å². The first-order valence-corrected chi connectivity index (χ1v) is 7.79. The van der Waals surface area contributed by atoms with E-state index in [1.165, 1.54) is 44.7 Å². The van der Waals surface area contributed by atoms with Gasteiger partial charge in [0, 0.05) is 39.3 Å². The second-order valence-corrected chi connectivity index (χ2v) is 5.94. The molecule has 1 aliphatic heterocycles. The second-order valence-electron chi connectivity index (χ2n) is 5.94. The van der Waals surface area contributed by atoms with Crippen molar-refractivity contribution in [3.8, 4) is 5.75 Å². The molecular weight excluding hydrogens is 248 g/mol. The van der Waals surface area contributed by atoms with Crippen LogP contribution in [0.3, 0.4) is 0 Å². The molecule has 0 bridgehead atoms. The number of piperazine rings is 1. The van der Waals surface area contributed by atoms with E-state index < -0.39 is 0 Å². The highest BCUT2D eigenvalue weighted by Crippen LogP contribution is 2.14. The normalized spacial score (nSPS) is 18.9. The maximum atomic E-state index is 5.20. The number of benzene rings is 1. The third kappa shape index (κ3) is 4.50. The number of hydrogen-bond donors (Lipinski definition) is 0. The number of methoxy groups -OCH3 is 1. The van der Waals surface area contributed by atoms with Crippen LogP contribution in [0, 0.1) is 5.92 Å². The lowest BCUT2D eigenvalue weighted by Crippen LogP contribution is -2.47. The molecule has 1 saturated heterocycles. The van der Waals surface area contributed by atoms with Gasteiger partial charge in [0.2, 0.25) is 0 Å². The SMILES string of the molecule is CC[C@@H](C)CN1CCN(Cc2ccc(OC)cc2)CC1. The molecule has 0 aromatic heterocycles. The van der Waals surface area contributed by atoms with E-state index in [9.17, 15) is 0 Å². The highest BCUT2D eigenvalue weighted by molar-refractivity contribution is 5.27. The minimum Gasteiger partial charge on any atom is -0.497 e. The van der Waals surface area contributed by atoms with Crippen LogP contribution in [0.4, 0.5) is 0 Å². The molecule has 1 fully saturated rings. The Labute approximate surface area is 123 Å². The smallest absolute Gasteiger partial charge is 0.118 e. The number of hydrogen-bond acceptors (Lipinski definition) is 3. The van der Waals surface area contributed by atoms with E-state index in [1.54, 1.807) is 7.11 Å². The van der Waals surface area contributed by atoms with Gasteiger partial charge in [0.1, 0.15) is 5.75 Å². The molecule has 1 aromatic rings. The number of ether oxygens (including phenoxy) is 1. The van der Waals surface area contributed by atoms with Crippen molar-refractivity contribution in [1.82, 2.24) is 9.80 Å². The molecule has 1 atom stereocenters. The standard InChI is InChI=1S/C17H28N2O/c1-4-15(2)13-18-9-11-19(12-10-18)14-16-5-7-17(20-3)8-6-16/h5-8,15H,4,9-14H2,1-3H3/t15-/m1/s1. The zero-order chi connectivity index (χ0) is 14.4. The molecule has 112 valence electrons. The first-order valence-electron chi connectivity index (χ1n) is 7.79. The van der Waals surface area contributed by atoms with Crippen molar-refractivity contribution in [2.24, 2.45) is 5.92 Å². The first-order chi connectivity index (χ1) is 9.71. The largest absolute Gasteiger partial charge is 0.497 e. The van der Waals surface area contributed by atoms with Crippen LogP contribution in [0.2, 0.25) is 0 Å². The Morgan fingerprint density at radius 3 is 2.20 bits per heavy atom. The van der Waals surface area contributed by atoms with Crippen LogP contribution in [-0.4, -0.2) is 49.6 Å². The summed E-state index contributed by atoms with van der Waals surface area (Å²) >= 11 is 0. The van der Waals surface area contributed by atoms with Gasteiger partial charge in [-0.05, 0) is 23.6 Å². The summed E-state index contributed by atoms with van der Waals surface area (Å²) in [4.78, 5) is 5.16. The van der Waals surface area contributed by atoms with Crippen LogP contribution in [0.1, 0.15) is 25.8 Å². The summed E-state index contributed by atoms with van der Waals surface area (Å²) in [5.74, 6) is 1.76. The molecule has 1 aromatic carbocycles. The van der Waals surface area contributed by atoms with Gasteiger partial charge < -0.3 is 9.64 Å². The van der Waals surface area contributed by atoms with Gasteiger partial charge in [0.05, 0.1) is 7.11 Å². The molecule has 0 aliphatic carbocycles. The van der Waals surface area contributed by atoms with Gasteiger partial charge in [0.15, 0.2) is 0 Å². The lowest BCUT2D eigenvalue weighted by Gasteiger charge is -2.35. The summed E-state index contributed by atoms with van der Waals surface area (Å²) in [6.45, 7) is 11.7. The molecular formula is C17H28N2O. The third-order valence-corrected chi connectivity index (χ3v) is 4.30. The van der Waals surface area contributed by atoms with E-state index >= 15 is 0 Å². The van der Waals surface area contributed by atoms with Gasteiger partial charge >= 0.3 is 0 Å². The molecule has 3 nitrogen and oxygen atoms in total. The van der Waals surface area contributed by atoms with Crippen molar-refractivity contribution < 1.29 is 4.74 Å². The lowest BCUT2D eigenvalue weighted by atomic mass is 10.1. The van der Waals surface area contributed by atoms with Gasteiger partial charge in [-0.15, -0.1) is 0 Å². The summed E-state index contributed by atoms with van der Waals surface area (Å²) in [5, 5.41) is 0. The van der Waals surface area contributed by atoms with Crippen LogP contribution in [0.5, 0.6) is 5.75 Å². The molecule has 20 heavy (non-hydrogen) atoms. The maximum absolute atomic E-state index is 5.20. The highest BCUT2D eigenvalue weighted by atomic mass is 16.5. The predicted octanol–water partition coefficient (Wildman–Crippen LogP) is 2.86. The quantitative estimate of drug-likeness (QED) is 0.794. The van der Waals surface area contributed by atoms with Crippen LogP contribution in [-0.2, 0) is 6.54 Å². The molecule has 0 saturated carbocycles. The van der Waals surface area contributed by atoms with Crippen molar-refractivity contribution in [3.05, 3.63) is 29.8 Å². The van der Waals surface area contributed by atoms with Gasteiger partial charge in [0.25, 0.3) is 0 Å². The zero-order valence-corrected chi connectivity index (χ0v) is 13.1. The monoisotopic (exact) mass is 276 g/mol. The number of rotatable bonds is 6. The lowest BCUT2D eigenvalue weighted by molar-refractivity contribution is 0.114. The minimum atomic E-state index is 0.822. The fourth-order valence-corrected chi connectivity index (χ4v) is 2.69. The maximum Gasteiger partial charge on any atom is 0.118 e. The molecule has 0 amide bonds. The average Bonchev–Trinajstić information content (AvgIpc) is 2.50. The Morgan fingerprint density at radius 1 is 1.05 bits per heavy atom. The van der Waals surface area contributed by atoms with Crippen molar-refractivity contribution in [1.29, 1.82) is 0 Å². The Hall–Kier alpha value is -1.06. The van der Waals surface area contributed by atoms with E-state index in [4.69, 9.17) is 4.74 Å². The van der Waals surface area contributed by atoms with E-state index in [0.29, 0.717) is 0 Å². The Morgan fingerprint density at radius 2 is 1.65 bits per heavy atom. The summed E-state index contributed by atoms with van der Waals surface area (Å²) < 4.78 is 5.20. The molecule has 3 heteroatoms. The molecule has 1 heterocycles. The minimum absolute atomic E-state index is 0.822. The van der Waals surface area contributed by atoms with Crippen LogP contribution < -0.4 is 4.74 Å². The Bertz CT molecular complexity index is 382. The molecule has 0 radical (unpaired) electrons. The highest BCUT2D eigenvalue weighted by Gasteiger charge is 2.17. The van der Waals surface area contributed by atoms with Crippen molar-refractivity contribution in [3.63, 3.8) is 0 Å². The van der Waals surface area contributed by atoms with Gasteiger partial charge in [-0.2, -0.15) is 0 Å². The van der Waals surface area contributed by atoms with Crippen LogP contribution in [0.25, 0.3) is 0 Å². The summed E-state index contributed by atoms with van der Waals surface area (Å²) in [6.07, 6.45) is 1.28. The van der Waals surface area contributed by atoms with E-state index in [2.05, 4.69) is 47.9 Å². The fraction of sp³-hybridized carbons (Fsp3) is 0.647. The third-order valence-electron chi connectivity index (χ3n) is 4.30. The van der Waals surface area contributed by atoms with Crippen molar-refractivity contribution in [2.45, 2.75) is 26.8 Å². The zero-order valence-electron chi connectivity index (χ0n) is 13.1. The van der Waals surface area contributed by atoms with Crippen LogP contribution >= 0.6 is 0 Å². The first kappa shape index (κ1) is 15.3. The van der Waals surface area contributed by atoms with Crippen molar-refractivity contribution in [2.75, 3.05) is 39.8 Å². The molecule has 2 rings (SSSR count). The Balaban J connectivity index is 1.76. The summed E-state index contributed by atoms with van der Waals surface area (Å²) in [6, 6.07) is 8.44. The molecule has 0 spiro atoms. The van der Waals surface area contributed by atoms with E-state index in [-0.39, 0.29) is 0 Å².